The summed E-state index contributed by atoms with van der Waals surface area (Å²) in [6.07, 6.45) is 3.15. The number of nitrogens with zero attached hydrogens (tertiary/aromatic N) is 4. The number of nitrogens with one attached hydrogen (secondary N) is 2. The van der Waals surface area contributed by atoms with E-state index in [4.69, 9.17) is 9.72 Å². The van der Waals surface area contributed by atoms with Gasteiger partial charge in [0.2, 0.25) is 0 Å². The van der Waals surface area contributed by atoms with Gasteiger partial charge in [-0.2, -0.15) is 0 Å². The van der Waals surface area contributed by atoms with Crippen LogP contribution in [0.5, 0.6) is 5.75 Å². The molecule has 190 valence electrons. The van der Waals surface area contributed by atoms with Crippen LogP contribution in [0.15, 0.2) is 59.5 Å². The first-order valence-electron chi connectivity index (χ1n) is 12.4. The molecule has 2 aromatic carbocycles. The topological polar surface area (TPSA) is 125 Å². The molecule has 1 saturated heterocycles. The van der Waals surface area contributed by atoms with E-state index in [1.807, 2.05) is 42.5 Å². The van der Waals surface area contributed by atoms with Gasteiger partial charge in [-0.15, -0.1) is 0 Å². The van der Waals surface area contributed by atoms with Crippen molar-refractivity contribution < 1.29 is 14.6 Å². The number of carbonyl (C=O) groups is 1. The SMILES string of the molecule is COc1ccc(Cn2[nH]c(=O)c3ncc(N4CCC5(CC4)Cc4ccccc4C5NC(=O)O)nc32)cc1. The van der Waals surface area contributed by atoms with Gasteiger partial charge < -0.3 is 20.1 Å². The molecule has 0 radical (unpaired) electrons. The molecule has 0 bridgehead atoms. The second kappa shape index (κ2) is 8.95. The molecule has 3 heterocycles. The summed E-state index contributed by atoms with van der Waals surface area (Å²) >= 11 is 0. The van der Waals surface area contributed by atoms with Crippen molar-refractivity contribution in [2.75, 3.05) is 25.1 Å². The van der Waals surface area contributed by atoms with E-state index in [0.717, 1.165) is 49.2 Å². The van der Waals surface area contributed by atoms with Gasteiger partial charge in [0.25, 0.3) is 5.56 Å². The second-order valence-corrected chi connectivity index (χ2v) is 9.88. The van der Waals surface area contributed by atoms with Gasteiger partial charge in [0.1, 0.15) is 11.6 Å². The number of carboxylic acid groups (broad SMARTS) is 1. The first-order chi connectivity index (χ1) is 18.0. The van der Waals surface area contributed by atoms with Crippen molar-refractivity contribution >= 4 is 23.1 Å². The summed E-state index contributed by atoms with van der Waals surface area (Å²) in [5.41, 5.74) is 3.67. The van der Waals surface area contributed by atoms with Crippen molar-refractivity contribution in [2.24, 2.45) is 5.41 Å². The summed E-state index contributed by atoms with van der Waals surface area (Å²) in [7, 11) is 1.62. The summed E-state index contributed by atoms with van der Waals surface area (Å²) < 4.78 is 6.95. The lowest BCUT2D eigenvalue weighted by Crippen LogP contribution is -2.47. The van der Waals surface area contributed by atoms with Gasteiger partial charge in [-0.25, -0.2) is 14.8 Å². The van der Waals surface area contributed by atoms with Crippen molar-refractivity contribution in [1.82, 2.24) is 25.1 Å². The molecule has 37 heavy (non-hydrogen) atoms. The average Bonchev–Trinajstić information content (AvgIpc) is 3.38. The number of H-pyrrole nitrogens is 1. The molecular weight excluding hydrogens is 472 g/mol. The number of ether oxygens (including phenoxy) is 1. The molecule has 1 aliphatic carbocycles. The minimum Gasteiger partial charge on any atom is -0.497 e. The van der Waals surface area contributed by atoms with Gasteiger partial charge in [-0.05, 0) is 48.1 Å². The summed E-state index contributed by atoms with van der Waals surface area (Å²) in [6.45, 7) is 1.89. The minimum atomic E-state index is -0.998. The lowest BCUT2D eigenvalue weighted by Gasteiger charge is -2.43. The van der Waals surface area contributed by atoms with E-state index in [1.165, 1.54) is 5.56 Å². The Morgan fingerprint density at radius 2 is 1.95 bits per heavy atom. The number of aromatic nitrogens is 4. The number of rotatable bonds is 5. The monoisotopic (exact) mass is 500 g/mol. The van der Waals surface area contributed by atoms with E-state index in [-0.39, 0.29) is 17.0 Å². The van der Waals surface area contributed by atoms with Gasteiger partial charge in [0, 0.05) is 18.5 Å². The van der Waals surface area contributed by atoms with Crippen molar-refractivity contribution in [1.29, 1.82) is 0 Å². The molecule has 3 N–H and O–H groups in total. The highest BCUT2D eigenvalue weighted by Gasteiger charge is 2.48. The highest BCUT2D eigenvalue weighted by atomic mass is 16.5. The van der Waals surface area contributed by atoms with Crippen LogP contribution in [0.3, 0.4) is 0 Å². The Morgan fingerprint density at radius 3 is 2.68 bits per heavy atom. The van der Waals surface area contributed by atoms with Crippen LogP contribution in [0.4, 0.5) is 10.6 Å². The molecule has 10 nitrogen and oxygen atoms in total. The van der Waals surface area contributed by atoms with Gasteiger partial charge in [-0.1, -0.05) is 36.4 Å². The van der Waals surface area contributed by atoms with Crippen molar-refractivity contribution in [3.63, 3.8) is 0 Å². The summed E-state index contributed by atoms with van der Waals surface area (Å²) in [6, 6.07) is 15.5. The average molecular weight is 501 g/mol. The van der Waals surface area contributed by atoms with Gasteiger partial charge in [0.05, 0.1) is 25.9 Å². The molecule has 0 saturated carbocycles. The number of hydrogen-bond acceptors (Lipinski definition) is 6. The second-order valence-electron chi connectivity index (χ2n) is 9.88. The van der Waals surface area contributed by atoms with E-state index < -0.39 is 6.09 Å². The summed E-state index contributed by atoms with van der Waals surface area (Å²) in [4.78, 5) is 35.6. The van der Waals surface area contributed by atoms with E-state index in [2.05, 4.69) is 26.4 Å². The summed E-state index contributed by atoms with van der Waals surface area (Å²) in [5.74, 6) is 1.48. The Bertz CT molecular complexity index is 1520. The van der Waals surface area contributed by atoms with Gasteiger partial charge in [-0.3, -0.25) is 14.6 Å². The zero-order valence-electron chi connectivity index (χ0n) is 20.5. The summed E-state index contributed by atoms with van der Waals surface area (Å²) in [5, 5.41) is 15.2. The number of anilines is 1. The molecule has 1 fully saturated rings. The zero-order chi connectivity index (χ0) is 25.6. The molecule has 1 spiro atoms. The van der Waals surface area contributed by atoms with Crippen LogP contribution in [-0.4, -0.2) is 51.1 Å². The molecule has 4 aromatic rings. The third-order valence-electron chi connectivity index (χ3n) is 7.82. The van der Waals surface area contributed by atoms with Crippen LogP contribution in [0.1, 0.15) is 35.6 Å². The molecule has 2 aliphatic rings. The lowest BCUT2D eigenvalue weighted by atomic mass is 9.72. The zero-order valence-corrected chi connectivity index (χ0v) is 20.5. The Hall–Kier alpha value is -4.34. The standard InChI is InChI=1S/C27H28N6O4/c1-37-19-8-6-17(7-9-19)16-33-24-22(25(34)31-33)28-15-21(29-24)32-12-10-27(11-13-32)14-18-4-2-3-5-20(18)23(27)30-26(35)36/h2-9,15,23,30H,10-14,16H2,1H3,(H,31,34)(H,35,36). The Kier molecular flexibility index (Phi) is 5.58. The fraction of sp³-hybridized carbons (Fsp3) is 0.333. The highest BCUT2D eigenvalue weighted by molar-refractivity contribution is 5.71. The fourth-order valence-electron chi connectivity index (χ4n) is 5.92. The maximum absolute atomic E-state index is 12.5. The van der Waals surface area contributed by atoms with Gasteiger partial charge >= 0.3 is 6.09 Å². The highest BCUT2D eigenvalue weighted by Crippen LogP contribution is 2.52. The van der Waals surface area contributed by atoms with Crippen molar-refractivity contribution in [3.8, 4) is 5.75 Å². The molecule has 2 aromatic heterocycles. The van der Waals surface area contributed by atoms with E-state index in [0.29, 0.717) is 23.5 Å². The van der Waals surface area contributed by atoms with Crippen LogP contribution in [-0.2, 0) is 13.0 Å². The molecule has 1 unspecified atom stereocenters. The maximum Gasteiger partial charge on any atom is 0.405 e. The first kappa shape index (κ1) is 23.1. The fourth-order valence-corrected chi connectivity index (χ4v) is 5.92. The maximum atomic E-state index is 12.5. The van der Waals surface area contributed by atoms with E-state index in [9.17, 15) is 14.7 Å². The molecule has 6 rings (SSSR count). The number of fused-ring (bicyclic) bond motifs is 2. The van der Waals surface area contributed by atoms with Crippen LogP contribution in [0.25, 0.3) is 11.2 Å². The molecule has 10 heteroatoms. The van der Waals surface area contributed by atoms with Crippen LogP contribution in [0.2, 0.25) is 0 Å². The predicted molar refractivity (Wildman–Crippen MR) is 138 cm³/mol. The Labute approximate surface area is 212 Å². The minimum absolute atomic E-state index is 0.166. The van der Waals surface area contributed by atoms with Crippen molar-refractivity contribution in [3.05, 3.63) is 81.8 Å². The predicted octanol–water partition coefficient (Wildman–Crippen LogP) is 3.33. The largest absolute Gasteiger partial charge is 0.497 e. The lowest BCUT2D eigenvalue weighted by molar-refractivity contribution is 0.141. The normalized spacial score (nSPS) is 18.2. The molecule has 1 amide bonds. The molecular formula is C27H28N6O4. The first-order valence-corrected chi connectivity index (χ1v) is 12.4. The Balaban J connectivity index is 1.24. The van der Waals surface area contributed by atoms with Crippen molar-refractivity contribution in [2.45, 2.75) is 31.8 Å². The van der Waals surface area contributed by atoms with E-state index >= 15 is 0 Å². The molecule has 1 atom stereocenters. The smallest absolute Gasteiger partial charge is 0.405 e. The third-order valence-corrected chi connectivity index (χ3v) is 7.82. The van der Waals surface area contributed by atoms with Gasteiger partial charge in [0.15, 0.2) is 11.2 Å². The van der Waals surface area contributed by atoms with Crippen LogP contribution < -0.4 is 20.5 Å². The number of aromatic amines is 1. The number of amides is 1. The van der Waals surface area contributed by atoms with Crippen LogP contribution in [0, 0.1) is 5.41 Å². The number of benzene rings is 2. The Morgan fingerprint density at radius 1 is 1.19 bits per heavy atom. The van der Waals surface area contributed by atoms with E-state index in [1.54, 1.807) is 18.0 Å². The number of hydrogen-bond donors (Lipinski definition) is 3. The number of methoxy groups -OCH3 is 1. The van der Waals surface area contributed by atoms with Crippen LogP contribution >= 0.6 is 0 Å². The third kappa shape index (κ3) is 4.08. The number of piperidine rings is 1. The quantitative estimate of drug-likeness (QED) is 0.384. The molecule has 1 aliphatic heterocycles.